The Morgan fingerprint density at radius 2 is 2.18 bits per heavy atom. The molecule has 1 amide bonds. The highest BCUT2D eigenvalue weighted by molar-refractivity contribution is 5.78. The molecule has 0 saturated heterocycles. The number of hydrogen-bond acceptors (Lipinski definition) is 1. The molecule has 0 heterocycles. The van der Waals surface area contributed by atoms with E-state index in [4.69, 9.17) is 5.73 Å². The molecule has 2 N–H and O–H groups in total. The second-order valence-corrected chi connectivity index (χ2v) is 4.12. The number of nitrogens with two attached hydrogens (primary N) is 1. The smallest absolute Gasteiger partial charge is 0.221 e. The summed E-state index contributed by atoms with van der Waals surface area (Å²) in [4.78, 5) is 10.9. The molecule has 1 aliphatic rings. The number of primary amides is 1. The maximum absolute atomic E-state index is 10.9. The summed E-state index contributed by atoms with van der Waals surface area (Å²) in [5, 5.41) is 0. The number of carbonyl (C=O) groups is 1. The SMILES string of the molecule is CCC1CC(C(N)=O)C1(C)C. The Bertz CT molecular complexity index is 174. The van der Waals surface area contributed by atoms with Gasteiger partial charge in [0.2, 0.25) is 5.91 Å². The van der Waals surface area contributed by atoms with Gasteiger partial charge in [-0.3, -0.25) is 4.79 Å². The van der Waals surface area contributed by atoms with Gasteiger partial charge in [0.25, 0.3) is 0 Å². The average molecular weight is 155 g/mol. The van der Waals surface area contributed by atoms with Crippen LogP contribution in [0.1, 0.15) is 33.6 Å². The Morgan fingerprint density at radius 1 is 1.64 bits per heavy atom. The monoisotopic (exact) mass is 155 g/mol. The highest BCUT2D eigenvalue weighted by atomic mass is 16.1. The molecular weight excluding hydrogens is 138 g/mol. The van der Waals surface area contributed by atoms with Crippen LogP contribution in [0.15, 0.2) is 0 Å². The van der Waals surface area contributed by atoms with E-state index in [1.165, 1.54) is 0 Å². The standard InChI is InChI=1S/C9H17NO/c1-4-6-5-7(8(10)11)9(6,2)3/h6-7H,4-5H2,1-3H3,(H2,10,11). The number of hydrogen-bond donors (Lipinski definition) is 1. The fourth-order valence-electron chi connectivity index (χ4n) is 2.19. The molecule has 1 aliphatic carbocycles. The van der Waals surface area contributed by atoms with Gasteiger partial charge < -0.3 is 5.73 Å². The minimum Gasteiger partial charge on any atom is -0.369 e. The second kappa shape index (κ2) is 2.50. The van der Waals surface area contributed by atoms with Gasteiger partial charge in [-0.1, -0.05) is 27.2 Å². The predicted octanol–water partition coefficient (Wildman–Crippen LogP) is 1.54. The highest BCUT2D eigenvalue weighted by Gasteiger charge is 2.49. The summed E-state index contributed by atoms with van der Waals surface area (Å²) in [5.41, 5.74) is 5.40. The normalized spacial score (nSPS) is 34.5. The lowest BCUT2D eigenvalue weighted by Crippen LogP contribution is -2.50. The van der Waals surface area contributed by atoms with Crippen LogP contribution >= 0.6 is 0 Å². The molecule has 1 saturated carbocycles. The van der Waals surface area contributed by atoms with E-state index in [0.717, 1.165) is 12.8 Å². The van der Waals surface area contributed by atoms with Crippen LogP contribution in [-0.4, -0.2) is 5.91 Å². The molecule has 0 radical (unpaired) electrons. The summed E-state index contributed by atoms with van der Waals surface area (Å²) in [7, 11) is 0. The molecule has 0 aromatic carbocycles. The molecule has 11 heavy (non-hydrogen) atoms. The van der Waals surface area contributed by atoms with Crippen LogP contribution in [0.3, 0.4) is 0 Å². The Morgan fingerprint density at radius 3 is 2.45 bits per heavy atom. The van der Waals surface area contributed by atoms with E-state index < -0.39 is 0 Å². The molecule has 0 spiro atoms. The van der Waals surface area contributed by atoms with Crippen molar-refractivity contribution in [1.29, 1.82) is 0 Å². The molecular formula is C9H17NO. The Balaban J connectivity index is 2.61. The van der Waals surface area contributed by atoms with Gasteiger partial charge in [0.15, 0.2) is 0 Å². The minimum atomic E-state index is -0.125. The maximum atomic E-state index is 10.9. The third kappa shape index (κ3) is 1.15. The van der Waals surface area contributed by atoms with Crippen LogP contribution in [0.25, 0.3) is 0 Å². The van der Waals surface area contributed by atoms with Gasteiger partial charge in [0, 0.05) is 5.92 Å². The van der Waals surface area contributed by atoms with Crippen molar-refractivity contribution in [2.75, 3.05) is 0 Å². The van der Waals surface area contributed by atoms with Crippen LogP contribution < -0.4 is 5.73 Å². The predicted molar refractivity (Wildman–Crippen MR) is 44.9 cm³/mol. The molecule has 1 fully saturated rings. The fraction of sp³-hybridized carbons (Fsp3) is 0.889. The molecule has 0 aromatic heterocycles. The van der Waals surface area contributed by atoms with Gasteiger partial charge in [-0.15, -0.1) is 0 Å². The molecule has 2 nitrogen and oxygen atoms in total. The van der Waals surface area contributed by atoms with E-state index in [-0.39, 0.29) is 17.2 Å². The number of rotatable bonds is 2. The van der Waals surface area contributed by atoms with E-state index in [2.05, 4.69) is 20.8 Å². The Kier molecular flexibility index (Phi) is 1.95. The quantitative estimate of drug-likeness (QED) is 0.646. The lowest BCUT2D eigenvalue weighted by Gasteiger charge is -2.50. The first kappa shape index (κ1) is 8.57. The summed E-state index contributed by atoms with van der Waals surface area (Å²) >= 11 is 0. The van der Waals surface area contributed by atoms with Crippen LogP contribution in [0.5, 0.6) is 0 Å². The first-order valence-electron chi connectivity index (χ1n) is 4.29. The van der Waals surface area contributed by atoms with Gasteiger partial charge in [-0.25, -0.2) is 0 Å². The Hall–Kier alpha value is -0.530. The van der Waals surface area contributed by atoms with Crippen molar-refractivity contribution in [2.45, 2.75) is 33.6 Å². The van der Waals surface area contributed by atoms with Gasteiger partial charge >= 0.3 is 0 Å². The molecule has 2 unspecified atom stereocenters. The zero-order chi connectivity index (χ0) is 8.65. The van der Waals surface area contributed by atoms with Crippen LogP contribution in [0.4, 0.5) is 0 Å². The fourth-order valence-corrected chi connectivity index (χ4v) is 2.19. The number of amides is 1. The van der Waals surface area contributed by atoms with Crippen LogP contribution in [0.2, 0.25) is 0 Å². The molecule has 0 bridgehead atoms. The first-order valence-corrected chi connectivity index (χ1v) is 4.29. The first-order chi connectivity index (χ1) is 5.00. The molecule has 0 aliphatic heterocycles. The lowest BCUT2D eigenvalue weighted by molar-refractivity contribution is -0.137. The summed E-state index contributed by atoms with van der Waals surface area (Å²) in [6, 6.07) is 0. The van der Waals surface area contributed by atoms with E-state index in [9.17, 15) is 4.79 Å². The number of carbonyl (C=O) groups excluding carboxylic acids is 1. The molecule has 0 aromatic rings. The maximum Gasteiger partial charge on any atom is 0.221 e. The van der Waals surface area contributed by atoms with Crippen molar-refractivity contribution in [3.8, 4) is 0 Å². The topological polar surface area (TPSA) is 43.1 Å². The van der Waals surface area contributed by atoms with Crippen molar-refractivity contribution < 1.29 is 4.79 Å². The van der Waals surface area contributed by atoms with E-state index in [1.54, 1.807) is 0 Å². The molecule has 64 valence electrons. The van der Waals surface area contributed by atoms with Gasteiger partial charge in [-0.05, 0) is 17.8 Å². The van der Waals surface area contributed by atoms with Crippen molar-refractivity contribution in [1.82, 2.24) is 0 Å². The molecule has 1 rings (SSSR count). The van der Waals surface area contributed by atoms with Crippen molar-refractivity contribution in [3.63, 3.8) is 0 Å². The third-order valence-corrected chi connectivity index (χ3v) is 3.31. The van der Waals surface area contributed by atoms with Crippen molar-refractivity contribution in [2.24, 2.45) is 23.0 Å². The largest absolute Gasteiger partial charge is 0.369 e. The summed E-state index contributed by atoms with van der Waals surface area (Å²) in [5.74, 6) is 0.687. The lowest BCUT2D eigenvalue weighted by atomic mass is 9.54. The van der Waals surface area contributed by atoms with E-state index in [0.29, 0.717) is 5.92 Å². The van der Waals surface area contributed by atoms with Gasteiger partial charge in [0.1, 0.15) is 0 Å². The zero-order valence-electron chi connectivity index (χ0n) is 7.55. The minimum absolute atomic E-state index is 0.118. The van der Waals surface area contributed by atoms with Crippen molar-refractivity contribution >= 4 is 5.91 Å². The average Bonchev–Trinajstić information content (AvgIpc) is 1.85. The summed E-state index contributed by atoms with van der Waals surface area (Å²) < 4.78 is 0. The third-order valence-electron chi connectivity index (χ3n) is 3.31. The van der Waals surface area contributed by atoms with Gasteiger partial charge in [0.05, 0.1) is 0 Å². The van der Waals surface area contributed by atoms with E-state index in [1.807, 2.05) is 0 Å². The van der Waals surface area contributed by atoms with Crippen LogP contribution in [0, 0.1) is 17.3 Å². The van der Waals surface area contributed by atoms with E-state index >= 15 is 0 Å². The second-order valence-electron chi connectivity index (χ2n) is 4.12. The van der Waals surface area contributed by atoms with Gasteiger partial charge in [-0.2, -0.15) is 0 Å². The summed E-state index contributed by atoms with van der Waals surface area (Å²) in [6.45, 7) is 6.45. The van der Waals surface area contributed by atoms with Crippen molar-refractivity contribution in [3.05, 3.63) is 0 Å². The zero-order valence-corrected chi connectivity index (χ0v) is 7.55. The molecule has 2 heteroatoms. The highest BCUT2D eigenvalue weighted by Crippen LogP contribution is 2.52. The van der Waals surface area contributed by atoms with Crippen LogP contribution in [-0.2, 0) is 4.79 Å². The Labute approximate surface area is 68.2 Å². The molecule has 2 atom stereocenters. The summed E-state index contributed by atoms with van der Waals surface area (Å²) in [6.07, 6.45) is 2.16.